The molecule has 1 atom stereocenters. The van der Waals surface area contributed by atoms with Crippen molar-refractivity contribution in [3.05, 3.63) is 60.8 Å². The van der Waals surface area contributed by atoms with E-state index in [-0.39, 0.29) is 17.9 Å². The van der Waals surface area contributed by atoms with Crippen LogP contribution >= 0.6 is 0 Å². The highest BCUT2D eigenvalue weighted by molar-refractivity contribution is 5.76. The molecule has 1 aromatic carbocycles. The summed E-state index contributed by atoms with van der Waals surface area (Å²) in [4.78, 5) is 23.0. The van der Waals surface area contributed by atoms with Gasteiger partial charge in [-0.1, -0.05) is 30.3 Å². The average molecular weight is 381 g/mol. The molecular formula is C20H23N5O3. The van der Waals surface area contributed by atoms with Gasteiger partial charge in [0.15, 0.2) is 12.4 Å². The molecule has 1 fully saturated rings. The number of nitrogens with zero attached hydrogens (tertiary/aromatic N) is 5. The number of ether oxygens (including phenoxy) is 1. The van der Waals surface area contributed by atoms with Gasteiger partial charge < -0.3 is 18.7 Å². The van der Waals surface area contributed by atoms with Crippen LogP contribution in [0.25, 0.3) is 0 Å². The monoisotopic (exact) mass is 381 g/mol. The van der Waals surface area contributed by atoms with E-state index < -0.39 is 0 Å². The summed E-state index contributed by atoms with van der Waals surface area (Å²) in [7, 11) is 0. The van der Waals surface area contributed by atoms with E-state index in [2.05, 4.69) is 22.0 Å². The Bertz CT molecular complexity index is 909. The molecule has 0 N–H and O–H groups in total. The van der Waals surface area contributed by atoms with E-state index in [1.54, 1.807) is 23.3 Å². The molecule has 3 heterocycles. The molecule has 1 saturated heterocycles. The molecule has 1 aliphatic heterocycles. The van der Waals surface area contributed by atoms with Crippen LogP contribution in [0.4, 0.5) is 0 Å². The second kappa shape index (κ2) is 7.84. The normalized spacial score (nSPS) is 19.5. The molecule has 4 rings (SSSR count). The fourth-order valence-electron chi connectivity index (χ4n) is 3.49. The zero-order valence-corrected chi connectivity index (χ0v) is 15.8. The predicted molar refractivity (Wildman–Crippen MR) is 100 cm³/mol. The summed E-state index contributed by atoms with van der Waals surface area (Å²) in [5.74, 6) is 1.88. The van der Waals surface area contributed by atoms with E-state index in [4.69, 9.17) is 9.26 Å². The van der Waals surface area contributed by atoms with Crippen molar-refractivity contribution in [2.75, 3.05) is 13.1 Å². The highest BCUT2D eigenvalue weighted by Gasteiger charge is 2.38. The quantitative estimate of drug-likeness (QED) is 0.652. The van der Waals surface area contributed by atoms with Crippen molar-refractivity contribution >= 4 is 5.91 Å². The lowest BCUT2D eigenvalue weighted by Gasteiger charge is -2.38. The van der Waals surface area contributed by atoms with Gasteiger partial charge in [-0.05, 0) is 25.0 Å². The molecule has 0 radical (unpaired) electrons. The van der Waals surface area contributed by atoms with Crippen molar-refractivity contribution in [2.24, 2.45) is 0 Å². The topological polar surface area (TPSA) is 86.3 Å². The smallest absolute Gasteiger partial charge is 0.264 e. The number of carbonyl (C=O) groups is 1. The Kier molecular flexibility index (Phi) is 5.10. The maximum atomic E-state index is 12.6. The van der Waals surface area contributed by atoms with Crippen molar-refractivity contribution < 1.29 is 14.1 Å². The summed E-state index contributed by atoms with van der Waals surface area (Å²) >= 11 is 0. The van der Waals surface area contributed by atoms with Gasteiger partial charge in [-0.25, -0.2) is 4.98 Å². The lowest BCUT2D eigenvalue weighted by Crippen LogP contribution is -2.48. The second-order valence-corrected chi connectivity index (χ2v) is 7.33. The van der Waals surface area contributed by atoms with E-state index in [1.807, 2.05) is 35.2 Å². The van der Waals surface area contributed by atoms with Crippen LogP contribution in [0.1, 0.15) is 31.5 Å². The summed E-state index contributed by atoms with van der Waals surface area (Å²) in [5, 5.41) is 4.17. The first-order valence-electron chi connectivity index (χ1n) is 9.37. The van der Waals surface area contributed by atoms with Crippen LogP contribution < -0.4 is 4.74 Å². The number of amides is 1. The number of hydrogen-bond donors (Lipinski definition) is 0. The third-order valence-corrected chi connectivity index (χ3v) is 5.04. The number of rotatable bonds is 6. The van der Waals surface area contributed by atoms with E-state index in [1.165, 1.54) is 0 Å². The van der Waals surface area contributed by atoms with Gasteiger partial charge in [-0.2, -0.15) is 4.98 Å². The number of benzene rings is 1. The molecule has 0 aliphatic carbocycles. The SMILES string of the molecule is CC1(c2noc(COc3ccccc3)n2)CCCN(C(=O)Cn2ccnc2)C1. The first-order valence-corrected chi connectivity index (χ1v) is 9.37. The van der Waals surface area contributed by atoms with Crippen molar-refractivity contribution in [1.82, 2.24) is 24.6 Å². The van der Waals surface area contributed by atoms with E-state index in [9.17, 15) is 4.79 Å². The maximum absolute atomic E-state index is 12.6. The van der Waals surface area contributed by atoms with Crippen LogP contribution in [-0.4, -0.2) is 43.6 Å². The van der Waals surface area contributed by atoms with E-state index in [0.29, 0.717) is 24.8 Å². The third-order valence-electron chi connectivity index (χ3n) is 5.04. The number of aromatic nitrogens is 4. The first kappa shape index (κ1) is 18.2. The lowest BCUT2D eigenvalue weighted by molar-refractivity contribution is -0.134. The fourth-order valence-corrected chi connectivity index (χ4v) is 3.49. The maximum Gasteiger partial charge on any atom is 0.264 e. The van der Waals surface area contributed by atoms with Crippen LogP contribution in [0, 0.1) is 0 Å². The molecule has 8 heteroatoms. The van der Waals surface area contributed by atoms with Crippen molar-refractivity contribution in [3.8, 4) is 5.75 Å². The molecule has 8 nitrogen and oxygen atoms in total. The van der Waals surface area contributed by atoms with Crippen molar-refractivity contribution in [1.29, 1.82) is 0 Å². The molecule has 0 spiro atoms. The Balaban J connectivity index is 1.40. The van der Waals surface area contributed by atoms with E-state index in [0.717, 1.165) is 25.1 Å². The van der Waals surface area contributed by atoms with Gasteiger partial charge in [0.25, 0.3) is 5.89 Å². The zero-order chi connectivity index (χ0) is 19.4. The molecule has 146 valence electrons. The highest BCUT2D eigenvalue weighted by atomic mass is 16.5. The highest BCUT2D eigenvalue weighted by Crippen LogP contribution is 2.32. The van der Waals surface area contributed by atoms with Crippen LogP contribution in [0.2, 0.25) is 0 Å². The number of likely N-dealkylation sites (tertiary alicyclic amines) is 1. The minimum Gasteiger partial charge on any atom is -0.484 e. The molecule has 28 heavy (non-hydrogen) atoms. The van der Waals surface area contributed by atoms with Crippen molar-refractivity contribution in [3.63, 3.8) is 0 Å². The number of piperidine rings is 1. The van der Waals surface area contributed by atoms with Gasteiger partial charge in [0.1, 0.15) is 12.3 Å². The van der Waals surface area contributed by atoms with Gasteiger partial charge in [0.05, 0.1) is 6.33 Å². The lowest BCUT2D eigenvalue weighted by atomic mass is 9.81. The molecule has 1 amide bonds. The number of imidazole rings is 1. The molecule has 1 aliphatic rings. The number of hydrogen-bond acceptors (Lipinski definition) is 6. The third kappa shape index (κ3) is 4.05. The molecular weight excluding hydrogens is 358 g/mol. The molecule has 1 unspecified atom stereocenters. The second-order valence-electron chi connectivity index (χ2n) is 7.33. The van der Waals surface area contributed by atoms with Gasteiger partial charge in [0, 0.05) is 30.9 Å². The van der Waals surface area contributed by atoms with Crippen LogP contribution in [0.5, 0.6) is 5.75 Å². The van der Waals surface area contributed by atoms with Crippen LogP contribution in [-0.2, 0) is 23.4 Å². The minimum absolute atomic E-state index is 0.0695. The number of carbonyl (C=O) groups excluding carboxylic acids is 1. The number of para-hydroxylation sites is 1. The Morgan fingerprint density at radius 1 is 1.32 bits per heavy atom. The Morgan fingerprint density at radius 3 is 2.96 bits per heavy atom. The summed E-state index contributed by atoms with van der Waals surface area (Å²) in [6.07, 6.45) is 6.92. The summed E-state index contributed by atoms with van der Waals surface area (Å²) in [5.41, 5.74) is -0.336. The summed E-state index contributed by atoms with van der Waals surface area (Å²) < 4.78 is 12.8. The Hall–Kier alpha value is -3.16. The predicted octanol–water partition coefficient (Wildman–Crippen LogP) is 2.43. The fraction of sp³-hybridized carbons (Fsp3) is 0.400. The largest absolute Gasteiger partial charge is 0.484 e. The average Bonchev–Trinajstić information content (AvgIpc) is 3.39. The summed E-state index contributed by atoms with van der Waals surface area (Å²) in [6.45, 7) is 3.90. The van der Waals surface area contributed by atoms with Crippen molar-refractivity contribution in [2.45, 2.75) is 38.3 Å². The minimum atomic E-state index is -0.336. The first-order chi connectivity index (χ1) is 13.6. The van der Waals surface area contributed by atoms with Gasteiger partial charge in [-0.3, -0.25) is 4.79 Å². The molecule has 3 aromatic rings. The molecule has 0 bridgehead atoms. The van der Waals surface area contributed by atoms with Crippen LogP contribution in [0.3, 0.4) is 0 Å². The summed E-state index contributed by atoms with van der Waals surface area (Å²) in [6, 6.07) is 9.51. The van der Waals surface area contributed by atoms with Gasteiger partial charge >= 0.3 is 0 Å². The van der Waals surface area contributed by atoms with E-state index >= 15 is 0 Å². The van der Waals surface area contributed by atoms with Gasteiger partial charge in [0.2, 0.25) is 5.91 Å². The van der Waals surface area contributed by atoms with Gasteiger partial charge in [-0.15, -0.1) is 0 Å². The van der Waals surface area contributed by atoms with Crippen LogP contribution in [0.15, 0.2) is 53.6 Å². The Morgan fingerprint density at radius 2 is 2.18 bits per heavy atom. The molecule has 2 aromatic heterocycles. The molecule has 0 saturated carbocycles. The zero-order valence-electron chi connectivity index (χ0n) is 15.8. The Labute approximate surface area is 163 Å². The standard InChI is InChI=1S/C20H23N5O3/c1-20(8-5-10-25(14-20)18(26)12-24-11-9-21-15-24)19-22-17(28-23-19)13-27-16-6-3-2-4-7-16/h2-4,6-7,9,11,15H,5,8,10,12-14H2,1H3.